The summed E-state index contributed by atoms with van der Waals surface area (Å²) in [4.78, 5) is 28.2. The van der Waals surface area contributed by atoms with E-state index in [-0.39, 0.29) is 5.91 Å². The Labute approximate surface area is 201 Å². The van der Waals surface area contributed by atoms with Crippen LogP contribution in [0, 0.1) is 13.8 Å². The molecular formula is C23H26BrN7O2. The molecule has 1 aromatic carbocycles. The topological polar surface area (TPSA) is 104 Å². The number of anilines is 4. The van der Waals surface area contributed by atoms with Crippen molar-refractivity contribution in [3.05, 3.63) is 58.0 Å². The normalized spacial score (nSPS) is 13.5. The molecule has 1 aliphatic heterocycles. The van der Waals surface area contributed by atoms with Crippen LogP contribution in [-0.4, -0.2) is 54.1 Å². The van der Waals surface area contributed by atoms with Gasteiger partial charge in [-0.05, 0) is 65.2 Å². The molecule has 33 heavy (non-hydrogen) atoms. The molecule has 3 N–H and O–H groups in total. The lowest BCUT2D eigenvalue weighted by atomic mass is 10.1. The molecule has 1 saturated heterocycles. The van der Waals surface area contributed by atoms with E-state index in [4.69, 9.17) is 9.72 Å². The Balaban J connectivity index is 1.56. The maximum Gasteiger partial charge on any atom is 0.274 e. The molecule has 0 radical (unpaired) electrons. The Kier molecular flexibility index (Phi) is 7.05. The Morgan fingerprint density at radius 3 is 2.58 bits per heavy atom. The summed E-state index contributed by atoms with van der Waals surface area (Å²) in [6.45, 7) is 7.42. The Hall–Kier alpha value is -3.24. The average molecular weight is 512 g/mol. The van der Waals surface area contributed by atoms with E-state index in [0.29, 0.717) is 27.8 Å². The highest BCUT2D eigenvalue weighted by molar-refractivity contribution is 9.10. The van der Waals surface area contributed by atoms with Gasteiger partial charge in [-0.2, -0.15) is 4.98 Å². The van der Waals surface area contributed by atoms with Crippen molar-refractivity contribution in [2.24, 2.45) is 0 Å². The number of hydrogen-bond acceptors (Lipinski definition) is 8. The van der Waals surface area contributed by atoms with E-state index < -0.39 is 0 Å². The fourth-order valence-electron chi connectivity index (χ4n) is 3.55. The van der Waals surface area contributed by atoms with Crippen LogP contribution in [0.1, 0.15) is 21.6 Å². The minimum absolute atomic E-state index is 0.266. The number of halogens is 1. The number of aryl methyl sites for hydroxylation is 2. The van der Waals surface area contributed by atoms with Crippen molar-refractivity contribution in [1.82, 2.24) is 20.3 Å². The maximum absolute atomic E-state index is 12.6. The second kappa shape index (κ2) is 10.1. The molecule has 4 rings (SSSR count). The first kappa shape index (κ1) is 22.9. The fourth-order valence-corrected chi connectivity index (χ4v) is 3.90. The molecule has 0 spiro atoms. The third-order valence-corrected chi connectivity index (χ3v) is 5.82. The summed E-state index contributed by atoms with van der Waals surface area (Å²) in [5, 5.41) is 9.66. The van der Waals surface area contributed by atoms with Crippen LogP contribution >= 0.6 is 15.9 Å². The standard InChI is InChI=1S/C23H26BrN7O2/c1-14-12-18(29-22(32)16-5-4-6-20(24)27-16)15(2)11-17(14)28-21-19(33-3)13-26-23(30-21)31-9-7-25-8-10-31/h4-6,11-13,25H,7-10H2,1-3H3,(H,29,32)(H,26,28,30). The van der Waals surface area contributed by atoms with Crippen LogP contribution in [0.25, 0.3) is 0 Å². The van der Waals surface area contributed by atoms with E-state index in [1.165, 1.54) is 0 Å². The zero-order valence-corrected chi connectivity index (χ0v) is 20.4. The van der Waals surface area contributed by atoms with Crippen LogP contribution in [0.2, 0.25) is 0 Å². The van der Waals surface area contributed by atoms with Gasteiger partial charge in [0.05, 0.1) is 13.3 Å². The summed E-state index contributed by atoms with van der Waals surface area (Å²) < 4.78 is 6.09. The lowest BCUT2D eigenvalue weighted by molar-refractivity contribution is 0.102. The third-order valence-electron chi connectivity index (χ3n) is 5.38. The van der Waals surface area contributed by atoms with Crippen LogP contribution in [0.4, 0.5) is 23.1 Å². The van der Waals surface area contributed by atoms with Crippen LogP contribution in [0.5, 0.6) is 5.75 Å². The second-order valence-corrected chi connectivity index (χ2v) is 8.54. The summed E-state index contributed by atoms with van der Waals surface area (Å²) in [5.74, 6) is 1.56. The zero-order valence-electron chi connectivity index (χ0n) is 18.8. The zero-order chi connectivity index (χ0) is 23.4. The minimum atomic E-state index is -0.266. The van der Waals surface area contributed by atoms with Gasteiger partial charge in [-0.15, -0.1) is 0 Å². The number of aromatic nitrogens is 3. The highest BCUT2D eigenvalue weighted by Crippen LogP contribution is 2.31. The number of carbonyl (C=O) groups excluding carboxylic acids is 1. The first-order chi connectivity index (χ1) is 15.9. The summed E-state index contributed by atoms with van der Waals surface area (Å²) in [6, 6.07) is 9.14. The molecule has 3 aromatic rings. The predicted octanol–water partition coefficient (Wildman–Crippen LogP) is 3.67. The largest absolute Gasteiger partial charge is 0.491 e. The van der Waals surface area contributed by atoms with Gasteiger partial charge in [-0.3, -0.25) is 4.79 Å². The number of ether oxygens (including phenoxy) is 1. The van der Waals surface area contributed by atoms with Crippen LogP contribution in [0.3, 0.4) is 0 Å². The van der Waals surface area contributed by atoms with E-state index in [0.717, 1.165) is 48.7 Å². The molecule has 0 unspecified atom stereocenters. The van der Waals surface area contributed by atoms with Gasteiger partial charge in [0.2, 0.25) is 5.95 Å². The summed E-state index contributed by atoms with van der Waals surface area (Å²) in [7, 11) is 1.60. The summed E-state index contributed by atoms with van der Waals surface area (Å²) in [6.07, 6.45) is 1.69. The highest BCUT2D eigenvalue weighted by Gasteiger charge is 2.17. The minimum Gasteiger partial charge on any atom is -0.491 e. The molecule has 10 heteroatoms. The van der Waals surface area contributed by atoms with Gasteiger partial charge in [0.1, 0.15) is 10.3 Å². The van der Waals surface area contributed by atoms with Gasteiger partial charge in [-0.1, -0.05) is 6.07 Å². The third kappa shape index (κ3) is 5.40. The van der Waals surface area contributed by atoms with Crippen molar-refractivity contribution in [2.45, 2.75) is 13.8 Å². The quantitative estimate of drug-likeness (QED) is 0.430. The van der Waals surface area contributed by atoms with Crippen molar-refractivity contribution < 1.29 is 9.53 Å². The first-order valence-electron chi connectivity index (χ1n) is 10.6. The number of carbonyl (C=O) groups is 1. The SMILES string of the molecule is COc1cnc(N2CCNCC2)nc1Nc1cc(C)c(NC(=O)c2cccc(Br)n2)cc1C. The van der Waals surface area contributed by atoms with Gasteiger partial charge >= 0.3 is 0 Å². The number of rotatable bonds is 6. The van der Waals surface area contributed by atoms with E-state index in [9.17, 15) is 4.79 Å². The molecule has 9 nitrogen and oxygen atoms in total. The van der Waals surface area contributed by atoms with E-state index >= 15 is 0 Å². The van der Waals surface area contributed by atoms with Crippen molar-refractivity contribution in [1.29, 1.82) is 0 Å². The smallest absolute Gasteiger partial charge is 0.274 e. The van der Waals surface area contributed by atoms with Crippen molar-refractivity contribution >= 4 is 45.0 Å². The molecule has 0 atom stereocenters. The van der Waals surface area contributed by atoms with Gasteiger partial charge in [0.25, 0.3) is 5.91 Å². The molecule has 1 fully saturated rings. The molecule has 1 amide bonds. The van der Waals surface area contributed by atoms with Gasteiger partial charge in [-0.25, -0.2) is 9.97 Å². The molecular weight excluding hydrogens is 486 g/mol. The second-order valence-electron chi connectivity index (χ2n) is 7.73. The number of piperazine rings is 1. The molecule has 1 aliphatic rings. The number of nitrogens with one attached hydrogen (secondary N) is 3. The molecule has 172 valence electrons. The van der Waals surface area contributed by atoms with Crippen molar-refractivity contribution in [3.63, 3.8) is 0 Å². The van der Waals surface area contributed by atoms with Crippen molar-refractivity contribution in [2.75, 3.05) is 48.8 Å². The van der Waals surface area contributed by atoms with Gasteiger partial charge < -0.3 is 25.6 Å². The van der Waals surface area contributed by atoms with E-state index in [1.54, 1.807) is 31.5 Å². The molecule has 0 bridgehead atoms. The summed E-state index contributed by atoms with van der Waals surface area (Å²) >= 11 is 3.30. The number of pyridine rings is 1. The van der Waals surface area contributed by atoms with Gasteiger partial charge in [0.15, 0.2) is 11.6 Å². The highest BCUT2D eigenvalue weighted by atomic mass is 79.9. The number of methoxy groups -OCH3 is 1. The van der Waals surface area contributed by atoms with E-state index in [1.807, 2.05) is 26.0 Å². The Morgan fingerprint density at radius 2 is 1.85 bits per heavy atom. The summed E-state index contributed by atoms with van der Waals surface area (Å²) in [5.41, 5.74) is 3.79. The first-order valence-corrected chi connectivity index (χ1v) is 11.4. The Bertz CT molecular complexity index is 1170. The lowest BCUT2D eigenvalue weighted by Gasteiger charge is -2.27. The van der Waals surface area contributed by atoms with Crippen molar-refractivity contribution in [3.8, 4) is 5.75 Å². The van der Waals surface area contributed by atoms with Gasteiger partial charge in [0, 0.05) is 37.6 Å². The predicted molar refractivity (Wildman–Crippen MR) is 133 cm³/mol. The molecule has 0 saturated carbocycles. The van der Waals surface area contributed by atoms with E-state index in [2.05, 4.69) is 46.7 Å². The fraction of sp³-hybridized carbons (Fsp3) is 0.304. The number of nitrogens with zero attached hydrogens (tertiary/aromatic N) is 4. The number of amides is 1. The number of hydrogen-bond donors (Lipinski definition) is 3. The molecule has 2 aromatic heterocycles. The number of benzene rings is 1. The maximum atomic E-state index is 12.6. The lowest BCUT2D eigenvalue weighted by Crippen LogP contribution is -2.44. The Morgan fingerprint density at radius 1 is 1.12 bits per heavy atom. The average Bonchev–Trinajstić information content (AvgIpc) is 2.82. The monoisotopic (exact) mass is 511 g/mol. The van der Waals surface area contributed by atoms with Crippen LogP contribution in [0.15, 0.2) is 41.1 Å². The van der Waals surface area contributed by atoms with Crippen LogP contribution < -0.4 is 25.6 Å². The molecule has 0 aliphatic carbocycles. The van der Waals surface area contributed by atoms with Crippen LogP contribution in [-0.2, 0) is 0 Å². The molecule has 3 heterocycles.